The number of pyridine rings is 1. The van der Waals surface area contributed by atoms with Crippen LogP contribution in [0, 0.1) is 6.92 Å². The van der Waals surface area contributed by atoms with E-state index in [4.69, 9.17) is 43.1 Å². The molecule has 1 saturated heterocycles. The Morgan fingerprint density at radius 3 is 2.74 bits per heavy atom. The second kappa shape index (κ2) is 8.57. The molecule has 7 nitrogen and oxygen atoms in total. The number of carbonyl (C=O) groups is 1. The molecule has 1 aromatic heterocycles. The van der Waals surface area contributed by atoms with E-state index in [1.54, 1.807) is 28.8 Å². The lowest BCUT2D eigenvalue weighted by Crippen LogP contribution is -2.36. The van der Waals surface area contributed by atoms with Gasteiger partial charge in [0.25, 0.3) is 5.56 Å². The molecule has 2 atom stereocenters. The molecule has 2 aliphatic rings. The van der Waals surface area contributed by atoms with E-state index in [1.807, 2.05) is 6.92 Å². The predicted molar refractivity (Wildman–Crippen MR) is 117 cm³/mol. The number of fused-ring (bicyclic) bond motifs is 1. The molecular formula is C22H22Cl2N2O5. The largest absolute Gasteiger partial charge is 0.465 e. The molecule has 0 unspecified atom stereocenters. The monoisotopic (exact) mass is 464 g/mol. The molecule has 2 N–H and O–H groups in total. The smallest absolute Gasteiger partial charge is 0.340 e. The van der Waals surface area contributed by atoms with E-state index in [1.165, 1.54) is 7.11 Å². The van der Waals surface area contributed by atoms with Crippen molar-refractivity contribution >= 4 is 29.2 Å². The first kappa shape index (κ1) is 21.7. The molecule has 0 bridgehead atoms. The molecule has 1 aromatic carbocycles. The standard InChI is InChI=1S/C22H22Cl2N2O5/c1-11-8-16-18(21(27)26(11)10-13-4-3-7-30-13)17(14-6-5-12(23)9-15(14)24)19(20(25)31-16)22(28)29-2/h5-6,8-9,13,17H,3-4,7,10,25H2,1-2H3/t13-,17-/m1/s1. The number of ether oxygens (including phenoxy) is 3. The topological polar surface area (TPSA) is 92.8 Å². The van der Waals surface area contributed by atoms with Crippen molar-refractivity contribution in [1.82, 2.24) is 4.57 Å². The van der Waals surface area contributed by atoms with Crippen molar-refractivity contribution in [2.75, 3.05) is 13.7 Å². The van der Waals surface area contributed by atoms with Crippen molar-refractivity contribution in [2.45, 2.75) is 38.3 Å². The molecule has 4 rings (SSSR count). The van der Waals surface area contributed by atoms with Crippen molar-refractivity contribution < 1.29 is 19.0 Å². The molecule has 1 fully saturated rings. The first-order valence-corrected chi connectivity index (χ1v) is 10.6. The molecule has 0 spiro atoms. The van der Waals surface area contributed by atoms with Crippen molar-refractivity contribution in [3.63, 3.8) is 0 Å². The number of rotatable bonds is 4. The van der Waals surface area contributed by atoms with Gasteiger partial charge < -0.3 is 24.5 Å². The Kier molecular flexibility index (Phi) is 6.01. The van der Waals surface area contributed by atoms with Gasteiger partial charge in [-0.2, -0.15) is 0 Å². The molecule has 2 aromatic rings. The zero-order chi connectivity index (χ0) is 22.3. The third-order valence-corrected chi connectivity index (χ3v) is 6.22. The average molecular weight is 465 g/mol. The van der Waals surface area contributed by atoms with Gasteiger partial charge >= 0.3 is 5.97 Å². The van der Waals surface area contributed by atoms with Gasteiger partial charge in [-0.15, -0.1) is 0 Å². The van der Waals surface area contributed by atoms with E-state index in [0.717, 1.165) is 12.8 Å². The Balaban J connectivity index is 1.94. The van der Waals surface area contributed by atoms with Crippen LogP contribution >= 0.6 is 23.2 Å². The lowest BCUT2D eigenvalue weighted by atomic mass is 9.83. The number of benzene rings is 1. The van der Waals surface area contributed by atoms with Crippen LogP contribution < -0.4 is 16.0 Å². The van der Waals surface area contributed by atoms with Crippen LogP contribution in [0.4, 0.5) is 0 Å². The Morgan fingerprint density at radius 2 is 2.10 bits per heavy atom. The number of esters is 1. The quantitative estimate of drug-likeness (QED) is 0.695. The summed E-state index contributed by atoms with van der Waals surface area (Å²) in [7, 11) is 1.24. The van der Waals surface area contributed by atoms with Crippen molar-refractivity contribution in [3.8, 4) is 5.75 Å². The molecule has 0 radical (unpaired) electrons. The molecule has 3 heterocycles. The van der Waals surface area contributed by atoms with Gasteiger partial charge in [-0.05, 0) is 37.5 Å². The summed E-state index contributed by atoms with van der Waals surface area (Å²) in [5.74, 6) is -1.42. The minimum atomic E-state index is -0.871. The van der Waals surface area contributed by atoms with Crippen molar-refractivity contribution in [3.05, 3.63) is 72.9 Å². The maximum atomic E-state index is 13.7. The molecule has 0 aliphatic carbocycles. The number of hydrogen-bond acceptors (Lipinski definition) is 6. The minimum absolute atomic E-state index is 0.0174. The highest BCUT2D eigenvalue weighted by atomic mass is 35.5. The maximum Gasteiger partial charge on any atom is 0.340 e. The van der Waals surface area contributed by atoms with Crippen LogP contribution in [-0.4, -0.2) is 30.4 Å². The van der Waals surface area contributed by atoms with Crippen LogP contribution in [0.1, 0.15) is 35.6 Å². The van der Waals surface area contributed by atoms with Gasteiger partial charge in [-0.3, -0.25) is 4.79 Å². The van der Waals surface area contributed by atoms with Gasteiger partial charge in [-0.25, -0.2) is 4.79 Å². The molecular weight excluding hydrogens is 443 g/mol. The summed E-state index contributed by atoms with van der Waals surface area (Å²) in [6, 6.07) is 6.60. The van der Waals surface area contributed by atoms with Gasteiger partial charge in [0.2, 0.25) is 5.88 Å². The zero-order valence-electron chi connectivity index (χ0n) is 17.1. The van der Waals surface area contributed by atoms with Crippen LogP contribution in [0.3, 0.4) is 0 Å². The lowest BCUT2D eigenvalue weighted by Gasteiger charge is -2.29. The van der Waals surface area contributed by atoms with E-state index < -0.39 is 11.9 Å². The summed E-state index contributed by atoms with van der Waals surface area (Å²) in [6.07, 6.45) is 1.80. The summed E-state index contributed by atoms with van der Waals surface area (Å²) in [5, 5.41) is 0.725. The van der Waals surface area contributed by atoms with Crippen LogP contribution in [0.25, 0.3) is 0 Å². The Morgan fingerprint density at radius 1 is 1.32 bits per heavy atom. The van der Waals surface area contributed by atoms with E-state index in [9.17, 15) is 9.59 Å². The highest BCUT2D eigenvalue weighted by Crippen LogP contribution is 2.44. The summed E-state index contributed by atoms with van der Waals surface area (Å²) in [5.41, 5.74) is 7.30. The third-order valence-electron chi connectivity index (χ3n) is 5.66. The Labute approximate surface area is 189 Å². The van der Waals surface area contributed by atoms with E-state index in [0.29, 0.717) is 34.5 Å². The van der Waals surface area contributed by atoms with Gasteiger partial charge in [0, 0.05) is 28.4 Å². The molecule has 0 saturated carbocycles. The molecule has 164 valence electrons. The predicted octanol–water partition coefficient (Wildman–Crippen LogP) is 3.51. The van der Waals surface area contributed by atoms with E-state index in [2.05, 4.69) is 0 Å². The summed E-state index contributed by atoms with van der Waals surface area (Å²) >= 11 is 12.5. The second-order valence-electron chi connectivity index (χ2n) is 7.58. The number of aromatic nitrogens is 1. The highest BCUT2D eigenvalue weighted by Gasteiger charge is 2.39. The zero-order valence-corrected chi connectivity index (χ0v) is 18.6. The number of aryl methyl sites for hydroxylation is 1. The van der Waals surface area contributed by atoms with Crippen molar-refractivity contribution in [1.29, 1.82) is 0 Å². The summed E-state index contributed by atoms with van der Waals surface area (Å²) in [6.45, 7) is 2.91. The second-order valence-corrected chi connectivity index (χ2v) is 8.43. The van der Waals surface area contributed by atoms with Gasteiger partial charge in [0.1, 0.15) is 11.3 Å². The summed E-state index contributed by atoms with van der Waals surface area (Å²) in [4.78, 5) is 26.3. The molecule has 9 heteroatoms. The summed E-state index contributed by atoms with van der Waals surface area (Å²) < 4.78 is 18.0. The normalized spacial score (nSPS) is 20.4. The number of nitrogens with two attached hydrogens (primary N) is 1. The highest BCUT2D eigenvalue weighted by molar-refractivity contribution is 6.35. The fraction of sp³-hybridized carbons (Fsp3) is 0.364. The number of carbonyl (C=O) groups excluding carboxylic acids is 1. The first-order valence-electron chi connectivity index (χ1n) is 9.88. The van der Waals surface area contributed by atoms with Gasteiger partial charge in [-0.1, -0.05) is 29.3 Å². The number of hydrogen-bond donors (Lipinski definition) is 1. The fourth-order valence-electron chi connectivity index (χ4n) is 4.16. The van der Waals surface area contributed by atoms with Crippen LogP contribution in [0.5, 0.6) is 5.75 Å². The third kappa shape index (κ3) is 3.93. The van der Waals surface area contributed by atoms with Gasteiger partial charge in [0.15, 0.2) is 0 Å². The SMILES string of the molecule is COC(=O)C1=C(N)Oc2cc(C)n(C[C@H]3CCCO3)c(=O)c2[C@H]1c1ccc(Cl)cc1Cl. The average Bonchev–Trinajstić information content (AvgIpc) is 3.23. The van der Waals surface area contributed by atoms with Crippen molar-refractivity contribution in [2.24, 2.45) is 5.73 Å². The minimum Gasteiger partial charge on any atom is -0.465 e. The van der Waals surface area contributed by atoms with E-state index >= 15 is 0 Å². The van der Waals surface area contributed by atoms with E-state index in [-0.39, 0.29) is 34.4 Å². The number of halogens is 2. The first-order chi connectivity index (χ1) is 14.8. The number of methoxy groups -OCH3 is 1. The molecule has 0 amide bonds. The lowest BCUT2D eigenvalue weighted by molar-refractivity contribution is -0.136. The maximum absolute atomic E-state index is 13.7. The van der Waals surface area contributed by atoms with Gasteiger partial charge in [0.05, 0.1) is 31.2 Å². The Bertz CT molecular complexity index is 1140. The number of nitrogens with zero attached hydrogens (tertiary/aromatic N) is 1. The van der Waals surface area contributed by atoms with Crippen LogP contribution in [-0.2, 0) is 20.8 Å². The molecule has 31 heavy (non-hydrogen) atoms. The van der Waals surface area contributed by atoms with Crippen LogP contribution in [0.15, 0.2) is 40.5 Å². The van der Waals surface area contributed by atoms with Crippen LogP contribution in [0.2, 0.25) is 10.0 Å². The Hall–Kier alpha value is -2.48. The fourth-order valence-corrected chi connectivity index (χ4v) is 4.68. The molecule has 2 aliphatic heterocycles.